The number of sulfonamides is 1. The van der Waals surface area contributed by atoms with E-state index >= 15 is 0 Å². The Morgan fingerprint density at radius 3 is 2.21 bits per heavy atom. The van der Waals surface area contributed by atoms with Crippen LogP contribution in [0.2, 0.25) is 0 Å². The lowest BCUT2D eigenvalue weighted by Gasteiger charge is -2.21. The van der Waals surface area contributed by atoms with Crippen molar-refractivity contribution in [1.29, 1.82) is 0 Å². The van der Waals surface area contributed by atoms with Crippen LogP contribution in [0.25, 0.3) is 0 Å². The van der Waals surface area contributed by atoms with Gasteiger partial charge >= 0.3 is 0 Å². The minimum atomic E-state index is -3.78. The van der Waals surface area contributed by atoms with E-state index in [1.165, 1.54) is 54.1 Å². The minimum absolute atomic E-state index is 0.0777. The molecule has 2 amide bonds. The van der Waals surface area contributed by atoms with E-state index < -0.39 is 15.9 Å². The molecule has 34 heavy (non-hydrogen) atoms. The van der Waals surface area contributed by atoms with Crippen molar-refractivity contribution in [2.45, 2.75) is 30.6 Å². The molecule has 0 radical (unpaired) electrons. The second kappa shape index (κ2) is 11.9. The third-order valence-electron chi connectivity index (χ3n) is 5.70. The van der Waals surface area contributed by atoms with Crippen LogP contribution in [0.15, 0.2) is 29.2 Å². The van der Waals surface area contributed by atoms with Gasteiger partial charge in [-0.3, -0.25) is 9.59 Å². The highest BCUT2D eigenvalue weighted by Gasteiger charge is 2.27. The van der Waals surface area contributed by atoms with E-state index in [-0.39, 0.29) is 37.1 Å². The number of carbonyl (C=O) groups excluding carboxylic acids is 2. The van der Waals surface area contributed by atoms with Crippen LogP contribution in [0.5, 0.6) is 0 Å². The van der Waals surface area contributed by atoms with Crippen LogP contribution in [0.1, 0.15) is 44.0 Å². The van der Waals surface area contributed by atoms with Gasteiger partial charge < -0.3 is 20.1 Å². The molecule has 0 aliphatic heterocycles. The molecule has 0 saturated carbocycles. The number of ether oxygens (including phenoxy) is 2. The molecule has 1 aliphatic rings. The summed E-state index contributed by atoms with van der Waals surface area (Å²) in [5.41, 5.74) is 1.84. The molecule has 11 heteroatoms. The molecule has 0 spiro atoms. The van der Waals surface area contributed by atoms with Gasteiger partial charge in [0, 0.05) is 44.8 Å². The first kappa shape index (κ1) is 26.3. The van der Waals surface area contributed by atoms with Crippen LogP contribution in [0, 0.1) is 0 Å². The first-order chi connectivity index (χ1) is 16.3. The molecule has 9 nitrogen and oxygen atoms in total. The summed E-state index contributed by atoms with van der Waals surface area (Å²) in [5.74, 6) is -0.619. The van der Waals surface area contributed by atoms with E-state index in [1.54, 1.807) is 7.05 Å². The smallest absolute Gasteiger partial charge is 0.256 e. The standard InChI is InChI=1S/C23H31N3O6S2/c1-24-22(28)20-18-6-4-5-7-19(18)33-23(20)25-21(27)16-8-10-17(11-9-16)34(29,30)26(12-14-31-2)13-15-32-3/h8-11H,4-7,12-15H2,1-3H3,(H,24,28)(H,25,27). The Morgan fingerprint density at radius 2 is 1.62 bits per heavy atom. The van der Waals surface area contributed by atoms with Gasteiger partial charge in [0.15, 0.2) is 0 Å². The van der Waals surface area contributed by atoms with E-state index in [4.69, 9.17) is 9.47 Å². The average Bonchev–Trinajstić information content (AvgIpc) is 3.21. The largest absolute Gasteiger partial charge is 0.383 e. The highest BCUT2D eigenvalue weighted by molar-refractivity contribution is 7.89. The second-order valence-corrected chi connectivity index (χ2v) is 10.9. The Morgan fingerprint density at radius 1 is 1.00 bits per heavy atom. The lowest BCUT2D eigenvalue weighted by atomic mass is 9.95. The molecule has 0 unspecified atom stereocenters. The maximum Gasteiger partial charge on any atom is 0.256 e. The fourth-order valence-corrected chi connectivity index (χ4v) is 6.55. The molecule has 1 aromatic heterocycles. The minimum Gasteiger partial charge on any atom is -0.383 e. The van der Waals surface area contributed by atoms with Gasteiger partial charge in [-0.25, -0.2) is 8.42 Å². The Labute approximate surface area is 204 Å². The molecule has 1 aromatic carbocycles. The third kappa shape index (κ3) is 5.84. The fourth-order valence-electron chi connectivity index (χ4n) is 3.86. The van der Waals surface area contributed by atoms with Crippen LogP contribution >= 0.6 is 11.3 Å². The summed E-state index contributed by atoms with van der Waals surface area (Å²) in [6.07, 6.45) is 3.80. The number of methoxy groups -OCH3 is 2. The molecular formula is C23H31N3O6S2. The normalized spacial score (nSPS) is 13.5. The van der Waals surface area contributed by atoms with Gasteiger partial charge in [0.2, 0.25) is 10.0 Å². The van der Waals surface area contributed by atoms with Gasteiger partial charge in [-0.05, 0) is 55.5 Å². The number of fused-ring (bicyclic) bond motifs is 1. The highest BCUT2D eigenvalue weighted by atomic mass is 32.2. The van der Waals surface area contributed by atoms with E-state index in [0.717, 1.165) is 36.1 Å². The Bertz CT molecular complexity index is 1100. The molecule has 1 aliphatic carbocycles. The van der Waals surface area contributed by atoms with Crippen LogP contribution in [-0.4, -0.2) is 72.1 Å². The van der Waals surface area contributed by atoms with Gasteiger partial charge in [-0.2, -0.15) is 4.31 Å². The molecule has 0 bridgehead atoms. The monoisotopic (exact) mass is 509 g/mol. The number of hydrogen-bond acceptors (Lipinski definition) is 7. The maximum absolute atomic E-state index is 13.1. The van der Waals surface area contributed by atoms with Crippen LogP contribution in [0.3, 0.4) is 0 Å². The van der Waals surface area contributed by atoms with E-state index in [2.05, 4.69) is 10.6 Å². The first-order valence-electron chi connectivity index (χ1n) is 11.1. The topological polar surface area (TPSA) is 114 Å². The number of hydrogen-bond donors (Lipinski definition) is 2. The Hall–Kier alpha value is -2.31. The van der Waals surface area contributed by atoms with Crippen molar-refractivity contribution in [3.8, 4) is 0 Å². The van der Waals surface area contributed by atoms with Crippen molar-refractivity contribution in [2.75, 3.05) is 52.9 Å². The highest BCUT2D eigenvalue weighted by Crippen LogP contribution is 2.38. The third-order valence-corrected chi connectivity index (χ3v) is 8.82. The Balaban J connectivity index is 1.80. The summed E-state index contributed by atoms with van der Waals surface area (Å²) < 4.78 is 37.5. The van der Waals surface area contributed by atoms with Crippen molar-refractivity contribution >= 4 is 38.2 Å². The van der Waals surface area contributed by atoms with Crippen LogP contribution < -0.4 is 10.6 Å². The van der Waals surface area contributed by atoms with Crippen LogP contribution in [0.4, 0.5) is 5.00 Å². The summed E-state index contributed by atoms with van der Waals surface area (Å²) >= 11 is 1.44. The molecule has 2 aromatic rings. The van der Waals surface area contributed by atoms with Gasteiger partial charge in [0.1, 0.15) is 5.00 Å². The molecule has 0 saturated heterocycles. The zero-order valence-electron chi connectivity index (χ0n) is 19.7. The van der Waals surface area contributed by atoms with Gasteiger partial charge in [-0.1, -0.05) is 0 Å². The van der Waals surface area contributed by atoms with Gasteiger partial charge in [0.25, 0.3) is 11.8 Å². The predicted molar refractivity (Wildman–Crippen MR) is 131 cm³/mol. The molecule has 0 atom stereocenters. The number of amides is 2. The SMILES string of the molecule is CNC(=O)c1c(NC(=O)c2ccc(S(=O)(=O)N(CCOC)CCOC)cc2)sc2c1CCCC2. The quantitative estimate of drug-likeness (QED) is 0.481. The van der Waals surface area contributed by atoms with E-state index in [9.17, 15) is 18.0 Å². The Kier molecular flexibility index (Phi) is 9.20. The lowest BCUT2D eigenvalue weighted by Crippen LogP contribution is -2.36. The summed E-state index contributed by atoms with van der Waals surface area (Å²) in [6, 6.07) is 5.77. The molecule has 1 heterocycles. The van der Waals surface area contributed by atoms with Crippen molar-refractivity contribution in [2.24, 2.45) is 0 Å². The predicted octanol–water partition coefficient (Wildman–Crippen LogP) is 2.52. The summed E-state index contributed by atoms with van der Waals surface area (Å²) in [6.45, 7) is 0.884. The van der Waals surface area contributed by atoms with Crippen molar-refractivity contribution in [3.05, 3.63) is 45.8 Å². The average molecular weight is 510 g/mol. The van der Waals surface area contributed by atoms with E-state index in [1.807, 2.05) is 0 Å². The molecular weight excluding hydrogens is 478 g/mol. The van der Waals surface area contributed by atoms with Crippen molar-refractivity contribution < 1.29 is 27.5 Å². The fraction of sp³-hybridized carbons (Fsp3) is 0.478. The van der Waals surface area contributed by atoms with Gasteiger partial charge in [0.05, 0.1) is 23.7 Å². The zero-order valence-corrected chi connectivity index (χ0v) is 21.3. The molecule has 2 N–H and O–H groups in total. The number of nitrogens with one attached hydrogen (secondary N) is 2. The number of nitrogens with zero attached hydrogens (tertiary/aromatic N) is 1. The molecule has 3 rings (SSSR count). The molecule has 186 valence electrons. The first-order valence-corrected chi connectivity index (χ1v) is 13.3. The van der Waals surface area contributed by atoms with Gasteiger partial charge in [-0.15, -0.1) is 11.3 Å². The summed E-state index contributed by atoms with van der Waals surface area (Å²) in [7, 11) is 0.808. The van der Waals surface area contributed by atoms with Crippen LogP contribution in [-0.2, 0) is 32.3 Å². The summed E-state index contributed by atoms with van der Waals surface area (Å²) in [4.78, 5) is 26.7. The maximum atomic E-state index is 13.1. The molecule has 0 fully saturated rings. The second-order valence-electron chi connectivity index (χ2n) is 7.86. The zero-order chi connectivity index (χ0) is 24.7. The van der Waals surface area contributed by atoms with E-state index in [0.29, 0.717) is 16.1 Å². The number of aryl methyl sites for hydroxylation is 1. The number of benzene rings is 1. The number of carbonyl (C=O) groups is 2. The number of thiophene rings is 1. The number of anilines is 1. The van der Waals surface area contributed by atoms with Crippen molar-refractivity contribution in [3.63, 3.8) is 0 Å². The number of rotatable bonds is 11. The summed E-state index contributed by atoms with van der Waals surface area (Å²) in [5, 5.41) is 6.05. The lowest BCUT2D eigenvalue weighted by molar-refractivity contribution is 0.0963. The van der Waals surface area contributed by atoms with Crippen molar-refractivity contribution in [1.82, 2.24) is 9.62 Å².